The van der Waals surface area contributed by atoms with Crippen molar-refractivity contribution in [3.8, 4) is 0 Å². The van der Waals surface area contributed by atoms with E-state index in [1.165, 1.54) is 70.6 Å². The number of hydrogen-bond acceptors (Lipinski definition) is 1. The van der Waals surface area contributed by atoms with Gasteiger partial charge in [-0.2, -0.15) is 0 Å². The molecule has 2 aliphatic carbocycles. The monoisotopic (exact) mass is 386 g/mol. The van der Waals surface area contributed by atoms with Gasteiger partial charge in [0.05, 0.1) is 0 Å². The summed E-state index contributed by atoms with van der Waals surface area (Å²) in [5.74, 6) is 3.56. The molecule has 1 nitrogen and oxygen atoms in total. The molecule has 0 radical (unpaired) electrons. The van der Waals surface area contributed by atoms with Gasteiger partial charge in [-0.05, 0) is 98.7 Å². The summed E-state index contributed by atoms with van der Waals surface area (Å²) in [6, 6.07) is 5.58. The number of hydrogen-bond donors (Lipinski definition) is 1. The Morgan fingerprint density at radius 1 is 0.893 bits per heavy atom. The zero-order chi connectivity index (χ0) is 19.8. The van der Waals surface area contributed by atoms with Gasteiger partial charge in [0, 0.05) is 6.61 Å². The molecule has 0 spiro atoms. The molecule has 156 valence electrons. The standard InChI is InChI=1S/C26H39FO/c1-2-3-4-20-7-12-23(13-8-20)24-14-9-21(10-15-24)5-6-22-11-16-25(17-18-28)26(27)19-22/h2,11,16,19-21,23-24,28H,1,3-10,12-15,17-18H2. The van der Waals surface area contributed by atoms with Gasteiger partial charge in [0.1, 0.15) is 5.82 Å². The van der Waals surface area contributed by atoms with Crippen molar-refractivity contribution in [2.45, 2.75) is 83.5 Å². The molecule has 0 aliphatic heterocycles. The largest absolute Gasteiger partial charge is 0.396 e. The van der Waals surface area contributed by atoms with E-state index in [4.69, 9.17) is 5.11 Å². The number of rotatable bonds is 9. The van der Waals surface area contributed by atoms with Gasteiger partial charge in [0.25, 0.3) is 0 Å². The van der Waals surface area contributed by atoms with E-state index in [1.807, 2.05) is 12.1 Å². The SMILES string of the molecule is C=CCCC1CCC(C2CCC(CCc3ccc(CCO)c(F)c3)CC2)CC1. The van der Waals surface area contributed by atoms with E-state index in [2.05, 4.69) is 12.7 Å². The van der Waals surface area contributed by atoms with E-state index in [0.29, 0.717) is 12.0 Å². The number of aryl methyl sites for hydroxylation is 1. The summed E-state index contributed by atoms with van der Waals surface area (Å²) >= 11 is 0. The molecule has 0 saturated heterocycles. The number of allylic oxidation sites excluding steroid dienone is 1. The number of halogens is 1. The second-order valence-corrected chi connectivity index (χ2v) is 9.37. The fourth-order valence-electron chi connectivity index (χ4n) is 5.69. The molecule has 0 unspecified atom stereocenters. The van der Waals surface area contributed by atoms with Crippen LogP contribution in [0.15, 0.2) is 30.9 Å². The van der Waals surface area contributed by atoms with E-state index in [-0.39, 0.29) is 12.4 Å². The van der Waals surface area contributed by atoms with Crippen LogP contribution in [0.3, 0.4) is 0 Å². The first-order valence-electron chi connectivity index (χ1n) is 11.7. The molecule has 2 heteroatoms. The van der Waals surface area contributed by atoms with Crippen LogP contribution in [0.5, 0.6) is 0 Å². The lowest BCUT2D eigenvalue weighted by Gasteiger charge is -2.38. The topological polar surface area (TPSA) is 20.2 Å². The van der Waals surface area contributed by atoms with Gasteiger partial charge in [0.15, 0.2) is 0 Å². The maximum atomic E-state index is 14.0. The van der Waals surface area contributed by atoms with Gasteiger partial charge in [0.2, 0.25) is 0 Å². The lowest BCUT2D eigenvalue weighted by Crippen LogP contribution is -2.26. The maximum absolute atomic E-state index is 14.0. The lowest BCUT2D eigenvalue weighted by atomic mass is 9.68. The first-order valence-corrected chi connectivity index (χ1v) is 11.7. The highest BCUT2D eigenvalue weighted by Gasteiger charge is 2.30. The van der Waals surface area contributed by atoms with E-state index >= 15 is 0 Å². The number of benzene rings is 1. The van der Waals surface area contributed by atoms with E-state index in [9.17, 15) is 4.39 Å². The van der Waals surface area contributed by atoms with Crippen LogP contribution in [0.1, 0.15) is 81.8 Å². The van der Waals surface area contributed by atoms with Crippen molar-refractivity contribution in [2.75, 3.05) is 6.61 Å². The molecule has 3 rings (SSSR count). The molecule has 0 bridgehead atoms. The molecule has 28 heavy (non-hydrogen) atoms. The second kappa shape index (κ2) is 11.1. The Balaban J connectivity index is 1.37. The highest BCUT2D eigenvalue weighted by atomic mass is 19.1. The van der Waals surface area contributed by atoms with E-state index in [1.54, 1.807) is 6.07 Å². The molecule has 1 N–H and O–H groups in total. The van der Waals surface area contributed by atoms with Crippen molar-refractivity contribution in [2.24, 2.45) is 23.7 Å². The molecule has 2 aliphatic rings. The van der Waals surface area contributed by atoms with Gasteiger partial charge in [-0.3, -0.25) is 0 Å². The van der Waals surface area contributed by atoms with Crippen molar-refractivity contribution < 1.29 is 9.50 Å². The van der Waals surface area contributed by atoms with Crippen LogP contribution < -0.4 is 0 Å². The molecule has 0 amide bonds. The Hall–Kier alpha value is -1.15. The summed E-state index contributed by atoms with van der Waals surface area (Å²) in [6.07, 6.45) is 18.6. The predicted octanol–water partition coefficient (Wildman–Crippen LogP) is 6.87. The third-order valence-corrected chi connectivity index (χ3v) is 7.57. The zero-order valence-electron chi connectivity index (χ0n) is 17.6. The van der Waals surface area contributed by atoms with E-state index in [0.717, 1.165) is 35.7 Å². The average molecular weight is 387 g/mol. The molecule has 2 saturated carbocycles. The summed E-state index contributed by atoms with van der Waals surface area (Å²) in [5.41, 5.74) is 1.74. The highest BCUT2D eigenvalue weighted by molar-refractivity contribution is 5.24. The minimum Gasteiger partial charge on any atom is -0.396 e. The third kappa shape index (κ3) is 6.17. The normalized spacial score (nSPS) is 28.2. The molecular formula is C26H39FO. The van der Waals surface area contributed by atoms with E-state index < -0.39 is 0 Å². The zero-order valence-corrected chi connectivity index (χ0v) is 17.6. The summed E-state index contributed by atoms with van der Waals surface area (Å²) in [5, 5.41) is 8.98. The van der Waals surface area contributed by atoms with Crippen molar-refractivity contribution in [3.05, 3.63) is 47.8 Å². The molecule has 0 heterocycles. The Labute approximate surface area is 171 Å². The van der Waals surface area contributed by atoms with Crippen molar-refractivity contribution in [1.82, 2.24) is 0 Å². The molecule has 0 atom stereocenters. The van der Waals surface area contributed by atoms with Crippen LogP contribution in [0.2, 0.25) is 0 Å². The first-order chi connectivity index (χ1) is 13.7. The van der Waals surface area contributed by atoms with Gasteiger partial charge < -0.3 is 5.11 Å². The number of aliphatic hydroxyl groups is 1. The first kappa shape index (κ1) is 21.6. The van der Waals surface area contributed by atoms with Crippen molar-refractivity contribution in [3.63, 3.8) is 0 Å². The number of aliphatic hydroxyl groups excluding tert-OH is 1. The molecule has 1 aromatic rings. The van der Waals surface area contributed by atoms with Crippen LogP contribution in [-0.4, -0.2) is 11.7 Å². The minimum absolute atomic E-state index is 0.00990. The Morgan fingerprint density at radius 2 is 1.50 bits per heavy atom. The van der Waals surface area contributed by atoms with Crippen molar-refractivity contribution in [1.29, 1.82) is 0 Å². The summed E-state index contributed by atoms with van der Waals surface area (Å²) < 4.78 is 14.0. The third-order valence-electron chi connectivity index (χ3n) is 7.57. The molecule has 1 aromatic carbocycles. The summed E-state index contributed by atoms with van der Waals surface area (Å²) in [7, 11) is 0. The maximum Gasteiger partial charge on any atom is 0.126 e. The van der Waals surface area contributed by atoms with Crippen LogP contribution in [0.25, 0.3) is 0 Å². The van der Waals surface area contributed by atoms with Crippen LogP contribution in [0, 0.1) is 29.5 Å². The van der Waals surface area contributed by atoms with Crippen LogP contribution in [0.4, 0.5) is 4.39 Å². The van der Waals surface area contributed by atoms with Gasteiger partial charge in [-0.15, -0.1) is 6.58 Å². The minimum atomic E-state index is -0.154. The predicted molar refractivity (Wildman–Crippen MR) is 116 cm³/mol. The summed E-state index contributed by atoms with van der Waals surface area (Å²) in [4.78, 5) is 0. The molecule has 2 fully saturated rings. The van der Waals surface area contributed by atoms with Crippen LogP contribution >= 0.6 is 0 Å². The van der Waals surface area contributed by atoms with Gasteiger partial charge in [-0.25, -0.2) is 4.39 Å². The highest BCUT2D eigenvalue weighted by Crippen LogP contribution is 2.43. The molecular weight excluding hydrogens is 347 g/mol. The Bertz CT molecular complexity index is 594. The summed E-state index contributed by atoms with van der Waals surface area (Å²) in [6.45, 7) is 3.87. The molecule has 0 aromatic heterocycles. The van der Waals surface area contributed by atoms with Gasteiger partial charge in [-0.1, -0.05) is 43.9 Å². The average Bonchev–Trinajstić information content (AvgIpc) is 2.73. The lowest BCUT2D eigenvalue weighted by molar-refractivity contribution is 0.141. The van der Waals surface area contributed by atoms with Crippen LogP contribution in [-0.2, 0) is 12.8 Å². The smallest absolute Gasteiger partial charge is 0.126 e. The fourth-order valence-corrected chi connectivity index (χ4v) is 5.69. The quantitative estimate of drug-likeness (QED) is 0.459. The second-order valence-electron chi connectivity index (χ2n) is 9.37. The Kier molecular flexibility index (Phi) is 8.58. The fraction of sp³-hybridized carbons (Fsp3) is 0.692. The van der Waals surface area contributed by atoms with Gasteiger partial charge >= 0.3 is 0 Å². The Morgan fingerprint density at radius 3 is 2.04 bits per heavy atom. The van der Waals surface area contributed by atoms with Crippen molar-refractivity contribution >= 4 is 0 Å².